The highest BCUT2D eigenvalue weighted by molar-refractivity contribution is 6.31. The Morgan fingerprint density at radius 2 is 2.17 bits per heavy atom. The second-order valence-electron chi connectivity index (χ2n) is 5.49. The second kappa shape index (κ2) is 3.97. The zero-order valence-electron chi connectivity index (χ0n) is 10.2. The summed E-state index contributed by atoms with van der Waals surface area (Å²) in [6.07, 6.45) is 3.66. The molecule has 94 valence electrons. The molecule has 1 aromatic carbocycles. The smallest absolute Gasteiger partial charge is 0.110 e. The molecule has 4 heteroatoms. The number of fused-ring (bicyclic) bond motifs is 1. The minimum Gasteiger partial charge on any atom is -0.325 e. The normalized spacial score (nSPS) is 20.3. The number of rotatable bonds is 3. The van der Waals surface area contributed by atoms with Crippen molar-refractivity contribution >= 4 is 22.6 Å². The lowest BCUT2D eigenvalue weighted by molar-refractivity contribution is 0.337. The maximum Gasteiger partial charge on any atom is 0.110 e. The Bertz CT molecular complexity index is 596. The molecular weight excluding hydrogens is 246 g/mol. The standard InChI is InChI=1S/C14H16ClN3/c15-10-1-4-12-13(6-10)18(11-2-3-11)14(17-12)5-9-7-16-8-9/h1,4,6,9,11,16H,2-3,5,7-8H2. The van der Waals surface area contributed by atoms with Crippen LogP contribution in [0.5, 0.6) is 0 Å². The molecule has 2 fully saturated rings. The van der Waals surface area contributed by atoms with Crippen molar-refractivity contribution in [1.29, 1.82) is 0 Å². The zero-order valence-corrected chi connectivity index (χ0v) is 11.0. The Morgan fingerprint density at radius 1 is 1.33 bits per heavy atom. The van der Waals surface area contributed by atoms with E-state index in [-0.39, 0.29) is 0 Å². The predicted molar refractivity (Wildman–Crippen MR) is 73.1 cm³/mol. The van der Waals surface area contributed by atoms with Crippen LogP contribution in [0.1, 0.15) is 24.7 Å². The summed E-state index contributed by atoms with van der Waals surface area (Å²) < 4.78 is 2.43. The minimum atomic E-state index is 0.663. The molecule has 2 aliphatic rings. The van der Waals surface area contributed by atoms with Gasteiger partial charge in [-0.15, -0.1) is 0 Å². The molecule has 1 aliphatic heterocycles. The molecule has 18 heavy (non-hydrogen) atoms. The maximum absolute atomic E-state index is 6.12. The molecule has 1 N–H and O–H groups in total. The number of benzene rings is 1. The molecule has 4 rings (SSSR count). The Kier molecular flexibility index (Phi) is 2.39. The number of nitrogens with one attached hydrogen (secondary N) is 1. The van der Waals surface area contributed by atoms with Crippen LogP contribution in [0.25, 0.3) is 11.0 Å². The first-order valence-electron chi connectivity index (χ1n) is 6.68. The van der Waals surface area contributed by atoms with Crippen LogP contribution in [0.4, 0.5) is 0 Å². The third-order valence-electron chi connectivity index (χ3n) is 3.97. The lowest BCUT2D eigenvalue weighted by Crippen LogP contribution is -2.43. The molecular formula is C14H16ClN3. The summed E-state index contributed by atoms with van der Waals surface area (Å²) in [6, 6.07) is 6.70. The molecule has 2 heterocycles. The maximum atomic E-state index is 6.12. The van der Waals surface area contributed by atoms with E-state index in [2.05, 4.69) is 16.0 Å². The molecule has 0 radical (unpaired) electrons. The van der Waals surface area contributed by atoms with E-state index in [1.165, 1.54) is 24.2 Å². The summed E-state index contributed by atoms with van der Waals surface area (Å²) in [5.41, 5.74) is 2.31. The summed E-state index contributed by atoms with van der Waals surface area (Å²) in [5, 5.41) is 4.14. The summed E-state index contributed by atoms with van der Waals surface area (Å²) in [5.74, 6) is 2.01. The third-order valence-corrected chi connectivity index (χ3v) is 4.21. The molecule has 1 saturated heterocycles. The van der Waals surface area contributed by atoms with Gasteiger partial charge >= 0.3 is 0 Å². The van der Waals surface area contributed by atoms with E-state index in [1.54, 1.807) is 0 Å². The summed E-state index contributed by atoms with van der Waals surface area (Å²) in [4.78, 5) is 4.81. The van der Waals surface area contributed by atoms with E-state index >= 15 is 0 Å². The number of nitrogens with zero attached hydrogens (tertiary/aromatic N) is 2. The van der Waals surface area contributed by atoms with Crippen LogP contribution >= 0.6 is 11.6 Å². The summed E-state index contributed by atoms with van der Waals surface area (Å²) >= 11 is 6.12. The summed E-state index contributed by atoms with van der Waals surface area (Å²) in [6.45, 7) is 2.27. The Hall–Kier alpha value is -1.06. The van der Waals surface area contributed by atoms with Gasteiger partial charge in [0.05, 0.1) is 11.0 Å². The Labute approximate surface area is 111 Å². The second-order valence-corrected chi connectivity index (χ2v) is 5.93. The van der Waals surface area contributed by atoms with Crippen molar-refractivity contribution in [3.63, 3.8) is 0 Å². The Morgan fingerprint density at radius 3 is 2.83 bits per heavy atom. The van der Waals surface area contributed by atoms with E-state index in [0.717, 1.165) is 36.0 Å². The van der Waals surface area contributed by atoms with Crippen LogP contribution in [0.3, 0.4) is 0 Å². The highest BCUT2D eigenvalue weighted by Gasteiger charge is 2.30. The van der Waals surface area contributed by atoms with Gasteiger partial charge in [0.25, 0.3) is 0 Å². The van der Waals surface area contributed by atoms with Crippen LogP contribution in [0.2, 0.25) is 5.02 Å². The van der Waals surface area contributed by atoms with Crippen LogP contribution in [0, 0.1) is 5.92 Å². The van der Waals surface area contributed by atoms with Crippen molar-refractivity contribution in [2.45, 2.75) is 25.3 Å². The lowest BCUT2D eigenvalue weighted by atomic mass is 9.99. The van der Waals surface area contributed by atoms with Crippen LogP contribution in [-0.4, -0.2) is 22.6 Å². The van der Waals surface area contributed by atoms with Gasteiger partial charge in [-0.05, 0) is 50.0 Å². The van der Waals surface area contributed by atoms with Gasteiger partial charge in [-0.1, -0.05) is 11.6 Å². The average molecular weight is 262 g/mol. The molecule has 1 aliphatic carbocycles. The van der Waals surface area contributed by atoms with Gasteiger partial charge in [-0.3, -0.25) is 0 Å². The molecule has 0 spiro atoms. The molecule has 0 bridgehead atoms. The van der Waals surface area contributed by atoms with Crippen molar-refractivity contribution in [2.75, 3.05) is 13.1 Å². The highest BCUT2D eigenvalue weighted by atomic mass is 35.5. The fourth-order valence-electron chi connectivity index (χ4n) is 2.75. The van der Waals surface area contributed by atoms with Crippen LogP contribution < -0.4 is 5.32 Å². The average Bonchev–Trinajstić information content (AvgIpc) is 3.06. The Balaban J connectivity index is 1.81. The molecule has 1 aromatic heterocycles. The zero-order chi connectivity index (χ0) is 12.1. The minimum absolute atomic E-state index is 0.663. The van der Waals surface area contributed by atoms with Gasteiger partial charge < -0.3 is 9.88 Å². The van der Waals surface area contributed by atoms with E-state index in [0.29, 0.717) is 6.04 Å². The van der Waals surface area contributed by atoms with Gasteiger partial charge in [0.2, 0.25) is 0 Å². The van der Waals surface area contributed by atoms with Gasteiger partial charge in [0.15, 0.2) is 0 Å². The van der Waals surface area contributed by atoms with E-state index in [1.807, 2.05) is 12.1 Å². The lowest BCUT2D eigenvalue weighted by Gasteiger charge is -2.26. The van der Waals surface area contributed by atoms with Crippen molar-refractivity contribution < 1.29 is 0 Å². The first kappa shape index (κ1) is 10.8. The van der Waals surface area contributed by atoms with E-state index in [4.69, 9.17) is 16.6 Å². The van der Waals surface area contributed by atoms with Gasteiger partial charge in [0.1, 0.15) is 5.82 Å². The molecule has 0 unspecified atom stereocenters. The molecule has 3 nitrogen and oxygen atoms in total. The van der Waals surface area contributed by atoms with Gasteiger partial charge in [0, 0.05) is 17.5 Å². The van der Waals surface area contributed by atoms with Gasteiger partial charge in [-0.2, -0.15) is 0 Å². The predicted octanol–water partition coefficient (Wildman–Crippen LogP) is 2.79. The SMILES string of the molecule is Clc1ccc2nc(CC3CNC3)n(C3CC3)c2c1. The molecule has 0 amide bonds. The number of hydrogen-bond donors (Lipinski definition) is 1. The molecule has 1 saturated carbocycles. The van der Waals surface area contributed by atoms with E-state index in [9.17, 15) is 0 Å². The third kappa shape index (κ3) is 1.73. The number of halogens is 1. The van der Waals surface area contributed by atoms with Crippen molar-refractivity contribution in [2.24, 2.45) is 5.92 Å². The van der Waals surface area contributed by atoms with Gasteiger partial charge in [-0.25, -0.2) is 4.98 Å². The fourth-order valence-corrected chi connectivity index (χ4v) is 2.92. The van der Waals surface area contributed by atoms with Crippen LogP contribution in [-0.2, 0) is 6.42 Å². The quantitative estimate of drug-likeness (QED) is 0.921. The molecule has 2 aromatic rings. The van der Waals surface area contributed by atoms with Crippen LogP contribution in [0.15, 0.2) is 18.2 Å². The van der Waals surface area contributed by atoms with Crippen molar-refractivity contribution in [1.82, 2.24) is 14.9 Å². The first-order valence-corrected chi connectivity index (χ1v) is 7.06. The number of hydrogen-bond acceptors (Lipinski definition) is 2. The fraction of sp³-hybridized carbons (Fsp3) is 0.500. The van der Waals surface area contributed by atoms with E-state index < -0.39 is 0 Å². The summed E-state index contributed by atoms with van der Waals surface area (Å²) in [7, 11) is 0. The largest absolute Gasteiger partial charge is 0.325 e. The number of imidazole rings is 1. The first-order chi connectivity index (χ1) is 8.81. The van der Waals surface area contributed by atoms with Crippen molar-refractivity contribution in [3.05, 3.63) is 29.0 Å². The topological polar surface area (TPSA) is 29.9 Å². The monoisotopic (exact) mass is 261 g/mol. The van der Waals surface area contributed by atoms with Crippen molar-refractivity contribution in [3.8, 4) is 0 Å². The molecule has 0 atom stereocenters. The number of aromatic nitrogens is 2. The highest BCUT2D eigenvalue weighted by Crippen LogP contribution is 2.39.